The summed E-state index contributed by atoms with van der Waals surface area (Å²) < 4.78 is 5.49. The van der Waals surface area contributed by atoms with Gasteiger partial charge in [0.15, 0.2) is 0 Å². The van der Waals surface area contributed by atoms with E-state index in [9.17, 15) is 0 Å². The van der Waals surface area contributed by atoms with Gasteiger partial charge in [-0.25, -0.2) is 0 Å². The molecule has 1 saturated heterocycles. The highest BCUT2D eigenvalue weighted by Crippen LogP contribution is 2.38. The molecular weight excluding hydrogens is 112 g/mol. The maximum atomic E-state index is 5.49. The lowest BCUT2D eigenvalue weighted by atomic mass is 10.1. The maximum absolute atomic E-state index is 5.49. The zero-order valence-electron chi connectivity index (χ0n) is 5.60. The van der Waals surface area contributed by atoms with Gasteiger partial charge in [-0.3, -0.25) is 0 Å². The van der Waals surface area contributed by atoms with Crippen LogP contribution in [-0.2, 0) is 4.74 Å². The lowest BCUT2D eigenvalue weighted by Crippen LogP contribution is -2.08. The van der Waals surface area contributed by atoms with Gasteiger partial charge in [-0.1, -0.05) is 6.58 Å². The second kappa shape index (κ2) is 1.84. The van der Waals surface area contributed by atoms with Crippen LogP contribution < -0.4 is 0 Å². The summed E-state index contributed by atoms with van der Waals surface area (Å²) in [7, 11) is 0. The molecule has 0 aromatic rings. The molecule has 9 heavy (non-hydrogen) atoms. The Morgan fingerprint density at radius 3 is 3.11 bits per heavy atom. The van der Waals surface area contributed by atoms with E-state index in [2.05, 4.69) is 6.58 Å². The van der Waals surface area contributed by atoms with Gasteiger partial charge in [0.2, 0.25) is 0 Å². The van der Waals surface area contributed by atoms with Crippen LogP contribution in [-0.4, -0.2) is 12.7 Å². The van der Waals surface area contributed by atoms with Crippen molar-refractivity contribution in [3.63, 3.8) is 0 Å². The maximum Gasteiger partial charge on any atom is 0.0811 e. The molecule has 0 spiro atoms. The highest BCUT2D eigenvalue weighted by atomic mass is 16.5. The first-order valence-electron chi connectivity index (χ1n) is 3.67. The Labute approximate surface area is 55.7 Å². The van der Waals surface area contributed by atoms with Crippen LogP contribution in [0.3, 0.4) is 0 Å². The smallest absolute Gasteiger partial charge is 0.0811 e. The van der Waals surface area contributed by atoms with Crippen molar-refractivity contribution in [1.29, 1.82) is 0 Å². The minimum atomic E-state index is 0.449. The Bertz CT molecular complexity index is 140. The molecule has 0 radical (unpaired) electrons. The molecule has 1 saturated carbocycles. The van der Waals surface area contributed by atoms with E-state index in [4.69, 9.17) is 4.74 Å². The van der Waals surface area contributed by atoms with Crippen molar-refractivity contribution < 1.29 is 4.74 Å². The molecule has 2 fully saturated rings. The summed E-state index contributed by atoms with van der Waals surface area (Å²) in [5, 5.41) is 0. The van der Waals surface area contributed by atoms with Crippen molar-refractivity contribution in [3.8, 4) is 0 Å². The third-order valence-electron chi connectivity index (χ3n) is 2.45. The van der Waals surface area contributed by atoms with E-state index in [0.29, 0.717) is 6.10 Å². The molecule has 2 rings (SSSR count). The van der Waals surface area contributed by atoms with E-state index in [1.807, 2.05) is 0 Å². The van der Waals surface area contributed by atoms with Crippen molar-refractivity contribution in [3.05, 3.63) is 12.2 Å². The van der Waals surface area contributed by atoms with Crippen LogP contribution in [0, 0.1) is 5.92 Å². The number of hydrogen-bond donors (Lipinski definition) is 0. The first-order chi connectivity index (χ1) is 4.38. The van der Waals surface area contributed by atoms with Crippen molar-refractivity contribution in [1.82, 2.24) is 0 Å². The predicted molar refractivity (Wildman–Crippen MR) is 36.2 cm³/mol. The van der Waals surface area contributed by atoms with E-state index >= 15 is 0 Å². The molecule has 1 nitrogen and oxygen atoms in total. The molecule has 50 valence electrons. The molecule has 0 aromatic heterocycles. The van der Waals surface area contributed by atoms with Gasteiger partial charge in [0.25, 0.3) is 0 Å². The van der Waals surface area contributed by atoms with Gasteiger partial charge in [0.05, 0.1) is 6.10 Å². The molecule has 0 amide bonds. The molecule has 1 heterocycles. The fraction of sp³-hybridized carbons (Fsp3) is 0.750. The van der Waals surface area contributed by atoms with E-state index in [1.54, 1.807) is 0 Å². The van der Waals surface area contributed by atoms with Gasteiger partial charge in [-0.2, -0.15) is 0 Å². The van der Waals surface area contributed by atoms with Crippen molar-refractivity contribution in [2.24, 2.45) is 5.92 Å². The molecule has 1 heteroatoms. The third-order valence-corrected chi connectivity index (χ3v) is 2.45. The summed E-state index contributed by atoms with van der Waals surface area (Å²) >= 11 is 0. The monoisotopic (exact) mass is 124 g/mol. The largest absolute Gasteiger partial charge is 0.374 e. The molecule has 2 aliphatic rings. The summed E-state index contributed by atoms with van der Waals surface area (Å²) in [6.07, 6.45) is 4.24. The Morgan fingerprint density at radius 1 is 1.44 bits per heavy atom. The van der Waals surface area contributed by atoms with Crippen LogP contribution in [0.25, 0.3) is 0 Å². The van der Waals surface area contributed by atoms with Crippen molar-refractivity contribution >= 4 is 0 Å². The van der Waals surface area contributed by atoms with Crippen LogP contribution in [0.2, 0.25) is 0 Å². The summed E-state index contributed by atoms with van der Waals surface area (Å²) in [5.74, 6) is 0.831. The molecule has 0 unspecified atom stereocenters. The topological polar surface area (TPSA) is 9.23 Å². The van der Waals surface area contributed by atoms with Crippen LogP contribution in [0.1, 0.15) is 19.3 Å². The second-order valence-corrected chi connectivity index (χ2v) is 3.04. The number of rotatable bonds is 0. The Hall–Kier alpha value is -0.300. The first-order valence-corrected chi connectivity index (χ1v) is 3.67. The van der Waals surface area contributed by atoms with Gasteiger partial charge in [-0.15, -0.1) is 0 Å². The highest BCUT2D eigenvalue weighted by molar-refractivity contribution is 5.12. The molecule has 0 bridgehead atoms. The van der Waals surface area contributed by atoms with Gasteiger partial charge < -0.3 is 4.74 Å². The van der Waals surface area contributed by atoms with Crippen molar-refractivity contribution in [2.45, 2.75) is 25.4 Å². The SMILES string of the molecule is C=C1CC[C@H]2CCO[C@@H]12. The van der Waals surface area contributed by atoms with Gasteiger partial charge >= 0.3 is 0 Å². The summed E-state index contributed by atoms with van der Waals surface area (Å²) in [6, 6.07) is 0. The molecule has 0 aromatic carbocycles. The highest BCUT2D eigenvalue weighted by Gasteiger charge is 2.34. The fourth-order valence-electron chi connectivity index (χ4n) is 1.89. The average Bonchev–Trinajstić information content (AvgIpc) is 2.35. The molecule has 0 N–H and O–H groups in total. The average molecular weight is 124 g/mol. The number of ether oxygens (including phenoxy) is 1. The van der Waals surface area contributed by atoms with E-state index in [0.717, 1.165) is 12.5 Å². The van der Waals surface area contributed by atoms with E-state index in [1.165, 1.54) is 24.8 Å². The van der Waals surface area contributed by atoms with Crippen LogP contribution >= 0.6 is 0 Å². The number of fused-ring (bicyclic) bond motifs is 1. The van der Waals surface area contributed by atoms with Crippen molar-refractivity contribution in [2.75, 3.05) is 6.61 Å². The summed E-state index contributed by atoms with van der Waals surface area (Å²) in [6.45, 7) is 4.94. The fourth-order valence-corrected chi connectivity index (χ4v) is 1.89. The van der Waals surface area contributed by atoms with Crippen LogP contribution in [0.5, 0.6) is 0 Å². The standard InChI is InChI=1S/C8H12O/c1-6-2-3-7-4-5-9-8(6)7/h7-8H,1-5H2/t7-,8-/m0/s1. The van der Waals surface area contributed by atoms with Crippen LogP contribution in [0.4, 0.5) is 0 Å². The lowest BCUT2D eigenvalue weighted by molar-refractivity contribution is 0.130. The minimum absolute atomic E-state index is 0.449. The lowest BCUT2D eigenvalue weighted by Gasteiger charge is -2.06. The van der Waals surface area contributed by atoms with Gasteiger partial charge in [0.1, 0.15) is 0 Å². The van der Waals surface area contributed by atoms with Gasteiger partial charge in [0, 0.05) is 6.61 Å². The predicted octanol–water partition coefficient (Wildman–Crippen LogP) is 1.74. The zero-order chi connectivity index (χ0) is 6.27. The first kappa shape index (κ1) is 5.48. The van der Waals surface area contributed by atoms with Crippen LogP contribution in [0.15, 0.2) is 12.2 Å². The summed E-state index contributed by atoms with van der Waals surface area (Å²) in [4.78, 5) is 0. The Kier molecular flexibility index (Phi) is 1.12. The summed E-state index contributed by atoms with van der Waals surface area (Å²) in [5.41, 5.74) is 1.33. The van der Waals surface area contributed by atoms with E-state index in [-0.39, 0.29) is 0 Å². The second-order valence-electron chi connectivity index (χ2n) is 3.04. The number of hydrogen-bond acceptors (Lipinski definition) is 1. The van der Waals surface area contributed by atoms with E-state index < -0.39 is 0 Å². The van der Waals surface area contributed by atoms with Gasteiger partial charge in [-0.05, 0) is 30.8 Å². The molecular formula is C8H12O. The normalized spacial score (nSPS) is 41.6. The Morgan fingerprint density at radius 2 is 2.33 bits per heavy atom. The zero-order valence-corrected chi connectivity index (χ0v) is 5.60. The Balaban J connectivity index is 2.15. The molecule has 1 aliphatic carbocycles. The third kappa shape index (κ3) is 0.715. The quantitative estimate of drug-likeness (QED) is 0.447. The molecule has 2 atom stereocenters. The molecule has 1 aliphatic heterocycles. The minimum Gasteiger partial charge on any atom is -0.374 e.